The van der Waals surface area contributed by atoms with Crippen LogP contribution in [-0.4, -0.2) is 43.6 Å². The van der Waals surface area contributed by atoms with Crippen LogP contribution in [0.4, 0.5) is 0 Å². The molecule has 100 valence electrons. The smallest absolute Gasteiger partial charge is 0.254 e. The molecule has 18 heavy (non-hydrogen) atoms. The number of ether oxygens (including phenoxy) is 1. The predicted octanol–water partition coefficient (Wildman–Crippen LogP) is 1.55. The third kappa shape index (κ3) is 3.15. The van der Waals surface area contributed by atoms with Crippen molar-refractivity contribution >= 4 is 18.3 Å². The zero-order valence-corrected chi connectivity index (χ0v) is 11.5. The number of hydrogen-bond acceptors (Lipinski definition) is 3. The zero-order valence-electron chi connectivity index (χ0n) is 10.7. The monoisotopic (exact) mass is 270 g/mol. The number of rotatable bonds is 2. The number of piperazine rings is 1. The fraction of sp³-hybridized carbons (Fsp3) is 0.462. The first-order chi connectivity index (χ1) is 8.22. The van der Waals surface area contributed by atoms with E-state index in [0.717, 1.165) is 25.4 Å². The standard InChI is InChI=1S/C13H18N2O2.ClH/c1-10-9-14-6-7-15(10)13(16)11-4-3-5-12(8-11)17-2;/h3-5,8,10,14H,6-7,9H2,1-2H3;1H. The van der Waals surface area contributed by atoms with Crippen molar-refractivity contribution in [1.82, 2.24) is 10.2 Å². The SMILES string of the molecule is COc1cccc(C(=O)N2CCNCC2C)c1.Cl. The van der Waals surface area contributed by atoms with Gasteiger partial charge in [-0.3, -0.25) is 4.79 Å². The molecular weight excluding hydrogens is 252 g/mol. The second kappa shape index (κ2) is 6.61. The molecule has 1 N–H and O–H groups in total. The molecule has 1 aliphatic rings. The summed E-state index contributed by atoms with van der Waals surface area (Å²) in [6.45, 7) is 4.54. The Kier molecular flexibility index (Phi) is 5.44. The summed E-state index contributed by atoms with van der Waals surface area (Å²) < 4.78 is 5.14. The van der Waals surface area contributed by atoms with E-state index in [1.807, 2.05) is 23.1 Å². The first kappa shape index (κ1) is 14.8. The molecule has 2 rings (SSSR count). The molecule has 0 aliphatic carbocycles. The number of halogens is 1. The number of benzene rings is 1. The molecule has 1 aromatic rings. The first-order valence-corrected chi connectivity index (χ1v) is 5.88. The molecular formula is C13H19ClN2O2. The summed E-state index contributed by atoms with van der Waals surface area (Å²) in [5.41, 5.74) is 0.693. The van der Waals surface area contributed by atoms with Gasteiger partial charge in [-0.2, -0.15) is 0 Å². The molecule has 1 atom stereocenters. The highest BCUT2D eigenvalue weighted by molar-refractivity contribution is 5.94. The van der Waals surface area contributed by atoms with E-state index in [-0.39, 0.29) is 24.4 Å². The quantitative estimate of drug-likeness (QED) is 0.887. The lowest BCUT2D eigenvalue weighted by Crippen LogP contribution is -2.52. The first-order valence-electron chi connectivity index (χ1n) is 5.88. The number of amides is 1. The summed E-state index contributed by atoms with van der Waals surface area (Å²) in [5.74, 6) is 0.802. The summed E-state index contributed by atoms with van der Waals surface area (Å²) in [7, 11) is 1.61. The Bertz CT molecular complexity index is 412. The molecule has 1 saturated heterocycles. The van der Waals surface area contributed by atoms with Crippen LogP contribution in [0.3, 0.4) is 0 Å². The average Bonchev–Trinajstić information content (AvgIpc) is 2.38. The lowest BCUT2D eigenvalue weighted by molar-refractivity contribution is 0.0655. The topological polar surface area (TPSA) is 41.6 Å². The van der Waals surface area contributed by atoms with Crippen LogP contribution in [0.25, 0.3) is 0 Å². The van der Waals surface area contributed by atoms with E-state index in [4.69, 9.17) is 4.74 Å². The molecule has 0 saturated carbocycles. The Hall–Kier alpha value is -1.26. The van der Waals surface area contributed by atoms with Crippen molar-refractivity contribution in [3.63, 3.8) is 0 Å². The molecule has 0 radical (unpaired) electrons. The highest BCUT2D eigenvalue weighted by Gasteiger charge is 2.23. The summed E-state index contributed by atoms with van der Waals surface area (Å²) >= 11 is 0. The molecule has 1 amide bonds. The Morgan fingerprint density at radius 3 is 2.94 bits per heavy atom. The van der Waals surface area contributed by atoms with Crippen molar-refractivity contribution in [2.75, 3.05) is 26.7 Å². The second-order valence-electron chi connectivity index (χ2n) is 4.28. The highest BCUT2D eigenvalue weighted by Crippen LogP contribution is 2.16. The second-order valence-corrected chi connectivity index (χ2v) is 4.28. The van der Waals surface area contributed by atoms with Gasteiger partial charge in [0.15, 0.2) is 0 Å². The van der Waals surface area contributed by atoms with Gasteiger partial charge in [-0.1, -0.05) is 6.07 Å². The minimum Gasteiger partial charge on any atom is -0.497 e. The Morgan fingerprint density at radius 1 is 1.50 bits per heavy atom. The van der Waals surface area contributed by atoms with Crippen molar-refractivity contribution in [3.8, 4) is 5.75 Å². The van der Waals surface area contributed by atoms with Gasteiger partial charge in [-0.25, -0.2) is 0 Å². The Balaban J connectivity index is 0.00000162. The van der Waals surface area contributed by atoms with Crippen LogP contribution in [-0.2, 0) is 0 Å². The van der Waals surface area contributed by atoms with Gasteiger partial charge in [0.2, 0.25) is 0 Å². The van der Waals surface area contributed by atoms with Gasteiger partial charge in [0.25, 0.3) is 5.91 Å². The van der Waals surface area contributed by atoms with E-state index in [0.29, 0.717) is 5.56 Å². The molecule has 1 aliphatic heterocycles. The lowest BCUT2D eigenvalue weighted by Gasteiger charge is -2.34. The van der Waals surface area contributed by atoms with Crippen molar-refractivity contribution < 1.29 is 9.53 Å². The van der Waals surface area contributed by atoms with Crippen LogP contribution in [0.2, 0.25) is 0 Å². The van der Waals surface area contributed by atoms with Crippen molar-refractivity contribution in [3.05, 3.63) is 29.8 Å². The van der Waals surface area contributed by atoms with Crippen LogP contribution in [0.1, 0.15) is 17.3 Å². The maximum Gasteiger partial charge on any atom is 0.254 e. The van der Waals surface area contributed by atoms with Gasteiger partial charge in [-0.15, -0.1) is 12.4 Å². The van der Waals surface area contributed by atoms with E-state index >= 15 is 0 Å². The van der Waals surface area contributed by atoms with Gasteiger partial charge in [0, 0.05) is 31.2 Å². The number of carbonyl (C=O) groups is 1. The molecule has 5 heteroatoms. The van der Waals surface area contributed by atoms with Crippen LogP contribution < -0.4 is 10.1 Å². The van der Waals surface area contributed by atoms with Crippen LogP contribution in [0.15, 0.2) is 24.3 Å². The van der Waals surface area contributed by atoms with Gasteiger partial charge in [-0.05, 0) is 25.1 Å². The number of nitrogens with zero attached hydrogens (tertiary/aromatic N) is 1. The largest absolute Gasteiger partial charge is 0.497 e. The minimum atomic E-state index is 0. The third-order valence-corrected chi connectivity index (χ3v) is 3.08. The molecule has 0 aromatic heterocycles. The highest BCUT2D eigenvalue weighted by atomic mass is 35.5. The Morgan fingerprint density at radius 2 is 2.28 bits per heavy atom. The van der Waals surface area contributed by atoms with Crippen LogP contribution >= 0.6 is 12.4 Å². The van der Waals surface area contributed by atoms with Gasteiger partial charge >= 0.3 is 0 Å². The maximum absolute atomic E-state index is 12.3. The summed E-state index contributed by atoms with van der Waals surface area (Å²) in [5, 5.41) is 3.27. The summed E-state index contributed by atoms with van der Waals surface area (Å²) in [6.07, 6.45) is 0. The van der Waals surface area contributed by atoms with Crippen molar-refractivity contribution in [2.45, 2.75) is 13.0 Å². The normalized spacial score (nSPS) is 19.0. The van der Waals surface area contributed by atoms with Crippen molar-refractivity contribution in [1.29, 1.82) is 0 Å². The number of methoxy groups -OCH3 is 1. The molecule has 1 unspecified atom stereocenters. The zero-order chi connectivity index (χ0) is 12.3. The Labute approximate surface area is 114 Å². The van der Waals surface area contributed by atoms with Crippen LogP contribution in [0.5, 0.6) is 5.75 Å². The van der Waals surface area contributed by atoms with E-state index in [9.17, 15) is 4.79 Å². The number of carbonyl (C=O) groups excluding carboxylic acids is 1. The molecule has 4 nitrogen and oxygen atoms in total. The molecule has 1 fully saturated rings. The van der Waals surface area contributed by atoms with Gasteiger partial charge in [0.1, 0.15) is 5.75 Å². The van der Waals surface area contributed by atoms with E-state index < -0.39 is 0 Å². The van der Waals surface area contributed by atoms with Gasteiger partial charge < -0.3 is 15.0 Å². The third-order valence-electron chi connectivity index (χ3n) is 3.08. The van der Waals surface area contributed by atoms with Crippen molar-refractivity contribution in [2.24, 2.45) is 0 Å². The average molecular weight is 271 g/mol. The molecule has 1 aromatic carbocycles. The predicted molar refractivity (Wildman–Crippen MR) is 73.6 cm³/mol. The summed E-state index contributed by atoms with van der Waals surface area (Å²) in [4.78, 5) is 14.2. The van der Waals surface area contributed by atoms with Crippen LogP contribution in [0, 0.1) is 0 Å². The fourth-order valence-electron chi connectivity index (χ4n) is 2.06. The minimum absolute atomic E-state index is 0. The summed E-state index contributed by atoms with van der Waals surface area (Å²) in [6, 6.07) is 7.55. The molecule has 0 spiro atoms. The number of hydrogen-bond donors (Lipinski definition) is 1. The lowest BCUT2D eigenvalue weighted by atomic mass is 10.1. The molecule has 0 bridgehead atoms. The van der Waals surface area contributed by atoms with Gasteiger partial charge in [0.05, 0.1) is 7.11 Å². The van der Waals surface area contributed by atoms with E-state index in [2.05, 4.69) is 12.2 Å². The molecule has 1 heterocycles. The van der Waals surface area contributed by atoms with E-state index in [1.54, 1.807) is 13.2 Å². The maximum atomic E-state index is 12.3. The fourth-order valence-corrected chi connectivity index (χ4v) is 2.06. The number of nitrogens with one attached hydrogen (secondary N) is 1. The van der Waals surface area contributed by atoms with E-state index in [1.165, 1.54) is 0 Å².